The van der Waals surface area contributed by atoms with E-state index in [-0.39, 0.29) is 5.97 Å². The summed E-state index contributed by atoms with van der Waals surface area (Å²) in [6, 6.07) is 0. The third kappa shape index (κ3) is 18.3. The van der Waals surface area contributed by atoms with Crippen molar-refractivity contribution in [2.45, 2.75) is 33.1 Å². The number of aliphatic hydroxyl groups excluding tert-OH is 1. The molecular formula is C10H20O3. The fourth-order valence-electron chi connectivity index (χ4n) is 0.376. The van der Waals surface area contributed by atoms with Crippen molar-refractivity contribution in [3.05, 3.63) is 12.7 Å². The zero-order chi connectivity index (χ0) is 10.5. The number of hydrogen-bond acceptors (Lipinski definition) is 3. The Balaban J connectivity index is 0. The molecule has 0 radical (unpaired) electrons. The van der Waals surface area contributed by atoms with Gasteiger partial charge in [0.15, 0.2) is 0 Å². The average molecular weight is 188 g/mol. The van der Waals surface area contributed by atoms with E-state index < -0.39 is 0 Å². The van der Waals surface area contributed by atoms with Gasteiger partial charge in [-0.3, -0.25) is 0 Å². The first-order valence-electron chi connectivity index (χ1n) is 4.62. The number of rotatable bonds is 5. The number of ether oxygens (including phenoxy) is 1. The molecule has 0 aliphatic heterocycles. The minimum Gasteiger partial charge on any atom is -0.463 e. The number of carbonyl (C=O) groups is 1. The smallest absolute Gasteiger partial charge is 0.330 e. The molecule has 1 N–H and O–H groups in total. The van der Waals surface area contributed by atoms with Crippen molar-refractivity contribution in [3.8, 4) is 0 Å². The lowest BCUT2D eigenvalue weighted by atomic mass is 10.4. The topological polar surface area (TPSA) is 46.5 Å². The molecule has 78 valence electrons. The van der Waals surface area contributed by atoms with E-state index in [1.807, 2.05) is 13.8 Å². The summed E-state index contributed by atoms with van der Waals surface area (Å²) >= 11 is 0. The number of hydrogen-bond donors (Lipinski definition) is 1. The number of unbranched alkanes of at least 4 members (excludes halogenated alkanes) is 1. The van der Waals surface area contributed by atoms with Gasteiger partial charge < -0.3 is 9.84 Å². The molecule has 3 nitrogen and oxygen atoms in total. The predicted octanol–water partition coefficient (Wildman–Crippen LogP) is 1.90. The quantitative estimate of drug-likeness (QED) is 0.407. The van der Waals surface area contributed by atoms with E-state index in [1.165, 1.54) is 6.08 Å². The minimum absolute atomic E-state index is 0.319. The largest absolute Gasteiger partial charge is 0.463 e. The molecule has 0 saturated heterocycles. The molecule has 0 aromatic heterocycles. The van der Waals surface area contributed by atoms with Gasteiger partial charge in [-0.1, -0.05) is 26.8 Å². The molecule has 0 bridgehead atoms. The van der Waals surface area contributed by atoms with Crippen LogP contribution in [0, 0.1) is 0 Å². The Kier molecular flexibility index (Phi) is 15.5. The van der Waals surface area contributed by atoms with Crippen LogP contribution in [0.2, 0.25) is 0 Å². The highest BCUT2D eigenvalue weighted by atomic mass is 16.5. The zero-order valence-corrected chi connectivity index (χ0v) is 8.58. The molecule has 0 heterocycles. The van der Waals surface area contributed by atoms with Crippen LogP contribution in [-0.2, 0) is 9.53 Å². The van der Waals surface area contributed by atoms with E-state index in [9.17, 15) is 4.79 Å². The number of aliphatic hydroxyl groups is 1. The lowest BCUT2D eigenvalue weighted by molar-refractivity contribution is -0.137. The Morgan fingerprint density at radius 3 is 2.31 bits per heavy atom. The van der Waals surface area contributed by atoms with E-state index in [1.54, 1.807) is 0 Å². The Hall–Kier alpha value is -0.830. The second-order valence-corrected chi connectivity index (χ2v) is 2.45. The van der Waals surface area contributed by atoms with Crippen molar-refractivity contribution < 1.29 is 14.6 Å². The molecular weight excluding hydrogens is 168 g/mol. The standard InChI is InChI=1S/C7H12O2.C3H8O/c1-3-5-6-9-7(8)4-2;1-2-3-4/h4H,2-3,5-6H2,1H3;4H,2-3H2,1H3. The predicted molar refractivity (Wildman–Crippen MR) is 53.4 cm³/mol. The molecule has 13 heavy (non-hydrogen) atoms. The third-order valence-corrected chi connectivity index (χ3v) is 1.13. The number of carbonyl (C=O) groups excluding carboxylic acids is 1. The van der Waals surface area contributed by atoms with E-state index in [2.05, 4.69) is 11.3 Å². The maximum absolute atomic E-state index is 10.3. The summed E-state index contributed by atoms with van der Waals surface area (Å²) in [5.74, 6) is -0.330. The maximum Gasteiger partial charge on any atom is 0.330 e. The Morgan fingerprint density at radius 2 is 2.00 bits per heavy atom. The Morgan fingerprint density at radius 1 is 1.46 bits per heavy atom. The first-order valence-corrected chi connectivity index (χ1v) is 4.62. The molecule has 0 aliphatic carbocycles. The molecule has 0 aromatic carbocycles. The van der Waals surface area contributed by atoms with Crippen LogP contribution in [0.5, 0.6) is 0 Å². The van der Waals surface area contributed by atoms with Crippen molar-refractivity contribution in [2.24, 2.45) is 0 Å². The molecule has 0 amide bonds. The Labute approximate surface area is 80.4 Å². The molecule has 0 spiro atoms. The molecule has 0 unspecified atom stereocenters. The van der Waals surface area contributed by atoms with Crippen LogP contribution in [0.3, 0.4) is 0 Å². The van der Waals surface area contributed by atoms with Gasteiger partial charge in [0.05, 0.1) is 6.61 Å². The second-order valence-electron chi connectivity index (χ2n) is 2.45. The molecule has 3 heteroatoms. The fourth-order valence-corrected chi connectivity index (χ4v) is 0.376. The molecule has 0 saturated carbocycles. The summed E-state index contributed by atoms with van der Waals surface area (Å²) in [4.78, 5) is 10.3. The van der Waals surface area contributed by atoms with Gasteiger partial charge in [0.2, 0.25) is 0 Å². The van der Waals surface area contributed by atoms with Crippen molar-refractivity contribution in [1.29, 1.82) is 0 Å². The number of esters is 1. The van der Waals surface area contributed by atoms with Crippen LogP contribution in [-0.4, -0.2) is 24.3 Å². The van der Waals surface area contributed by atoms with E-state index in [4.69, 9.17) is 5.11 Å². The molecule has 0 fully saturated rings. The summed E-state index contributed by atoms with van der Waals surface area (Å²) in [6.45, 7) is 8.07. The van der Waals surface area contributed by atoms with E-state index in [0.29, 0.717) is 13.2 Å². The Bertz CT molecular complexity index is 119. The monoisotopic (exact) mass is 188 g/mol. The van der Waals surface area contributed by atoms with E-state index >= 15 is 0 Å². The summed E-state index contributed by atoms with van der Waals surface area (Å²) in [7, 11) is 0. The van der Waals surface area contributed by atoms with Crippen LogP contribution in [0.25, 0.3) is 0 Å². The van der Waals surface area contributed by atoms with Crippen LogP contribution in [0.4, 0.5) is 0 Å². The summed E-state index contributed by atoms with van der Waals surface area (Å²) in [5, 5.41) is 7.88. The lowest BCUT2D eigenvalue weighted by Gasteiger charge is -1.97. The first-order chi connectivity index (χ1) is 6.22. The third-order valence-electron chi connectivity index (χ3n) is 1.13. The molecule has 0 aromatic rings. The van der Waals surface area contributed by atoms with Gasteiger partial charge >= 0.3 is 5.97 Å². The maximum atomic E-state index is 10.3. The summed E-state index contributed by atoms with van der Waals surface area (Å²) < 4.78 is 4.67. The van der Waals surface area contributed by atoms with Gasteiger partial charge in [-0.05, 0) is 12.8 Å². The van der Waals surface area contributed by atoms with Crippen molar-refractivity contribution in [3.63, 3.8) is 0 Å². The van der Waals surface area contributed by atoms with Crippen LogP contribution >= 0.6 is 0 Å². The van der Waals surface area contributed by atoms with Crippen LogP contribution in [0.1, 0.15) is 33.1 Å². The highest BCUT2D eigenvalue weighted by Gasteiger charge is 1.91. The second kappa shape index (κ2) is 13.7. The van der Waals surface area contributed by atoms with Gasteiger partial charge in [-0.2, -0.15) is 0 Å². The lowest BCUT2D eigenvalue weighted by Crippen LogP contribution is -2.00. The minimum atomic E-state index is -0.330. The molecule has 0 aliphatic rings. The highest BCUT2D eigenvalue weighted by Crippen LogP contribution is 1.88. The molecule has 0 rings (SSSR count). The molecule has 0 atom stereocenters. The van der Waals surface area contributed by atoms with Crippen molar-refractivity contribution in [2.75, 3.05) is 13.2 Å². The normalized spacial score (nSPS) is 8.23. The van der Waals surface area contributed by atoms with Crippen molar-refractivity contribution in [1.82, 2.24) is 0 Å². The zero-order valence-electron chi connectivity index (χ0n) is 8.58. The van der Waals surface area contributed by atoms with Gasteiger partial charge in [0.1, 0.15) is 0 Å². The van der Waals surface area contributed by atoms with Gasteiger partial charge in [-0.25, -0.2) is 4.79 Å². The first kappa shape index (κ1) is 14.7. The van der Waals surface area contributed by atoms with Gasteiger partial charge in [0.25, 0.3) is 0 Å². The SMILES string of the molecule is C=CC(=O)OCCCC.CCCO. The summed E-state index contributed by atoms with van der Waals surface area (Å²) in [6.07, 6.45) is 4.03. The van der Waals surface area contributed by atoms with E-state index in [0.717, 1.165) is 19.3 Å². The van der Waals surface area contributed by atoms with Crippen LogP contribution < -0.4 is 0 Å². The van der Waals surface area contributed by atoms with Crippen LogP contribution in [0.15, 0.2) is 12.7 Å². The van der Waals surface area contributed by atoms with Gasteiger partial charge in [0, 0.05) is 12.7 Å². The van der Waals surface area contributed by atoms with Crippen molar-refractivity contribution >= 4 is 5.97 Å². The summed E-state index contributed by atoms with van der Waals surface area (Å²) in [5.41, 5.74) is 0. The fraction of sp³-hybridized carbons (Fsp3) is 0.700. The van der Waals surface area contributed by atoms with Gasteiger partial charge in [-0.15, -0.1) is 0 Å². The highest BCUT2D eigenvalue weighted by molar-refractivity contribution is 5.81. The average Bonchev–Trinajstić information content (AvgIpc) is 2.18.